The van der Waals surface area contributed by atoms with E-state index < -0.39 is 0 Å². The van der Waals surface area contributed by atoms with Crippen LogP contribution in [0.15, 0.2) is 30.3 Å². The lowest BCUT2D eigenvalue weighted by molar-refractivity contribution is 0.131. The summed E-state index contributed by atoms with van der Waals surface area (Å²) in [6.45, 7) is 12.5. The third kappa shape index (κ3) is 3.85. The van der Waals surface area contributed by atoms with Crippen molar-refractivity contribution in [1.82, 2.24) is 9.80 Å². The topological polar surface area (TPSA) is 10.8 Å². The molecule has 0 unspecified atom stereocenters. The van der Waals surface area contributed by atoms with Gasteiger partial charge in [0.15, 0.2) is 0 Å². The number of piperazine rings is 1. The maximum absolute atomic E-state index is 5.16. The van der Waals surface area contributed by atoms with Gasteiger partial charge in [-0.15, -0.1) is 0 Å². The average molecular weight is 230 g/mol. The van der Waals surface area contributed by atoms with Crippen LogP contribution in [0.25, 0.3) is 4.85 Å². The smallest absolute Gasteiger partial charge is 0.275 e. The molecule has 1 heterocycles. The molecule has 0 atom stereocenters. The van der Waals surface area contributed by atoms with E-state index in [1.54, 1.807) is 0 Å². The van der Waals surface area contributed by atoms with Gasteiger partial charge in [0.05, 0.1) is 6.54 Å². The fourth-order valence-corrected chi connectivity index (χ4v) is 2.21. The second kappa shape index (κ2) is 6.39. The molecule has 3 heteroatoms. The highest BCUT2D eigenvalue weighted by Crippen LogP contribution is 2.07. The van der Waals surface area contributed by atoms with Gasteiger partial charge in [-0.1, -0.05) is 35.2 Å². The van der Waals surface area contributed by atoms with Crippen LogP contribution in [0.5, 0.6) is 0 Å². The van der Waals surface area contributed by atoms with Crippen molar-refractivity contribution >= 4 is 0 Å². The Morgan fingerprint density at radius 3 is 2.29 bits per heavy atom. The van der Waals surface area contributed by atoms with Gasteiger partial charge in [0.1, 0.15) is 0 Å². The fraction of sp³-hybridized carbons (Fsp3) is 0.500. The van der Waals surface area contributed by atoms with E-state index in [2.05, 4.69) is 45.0 Å². The molecule has 0 saturated carbocycles. The lowest BCUT2D eigenvalue weighted by atomic mass is 10.2. The Morgan fingerprint density at radius 2 is 1.65 bits per heavy atom. The zero-order chi connectivity index (χ0) is 11.9. The van der Waals surface area contributed by atoms with E-state index in [0.717, 1.165) is 45.8 Å². The second-order valence-corrected chi connectivity index (χ2v) is 4.51. The molecular weight excluding hydrogens is 210 g/mol. The largest absolute Gasteiger partial charge is 0.297 e. The maximum atomic E-state index is 5.16. The van der Waals surface area contributed by atoms with Gasteiger partial charge in [-0.25, -0.2) is 0 Å². The monoisotopic (exact) mass is 230 g/mol. The summed E-state index contributed by atoms with van der Waals surface area (Å²) in [6, 6.07) is 10.7. The van der Waals surface area contributed by atoms with Gasteiger partial charge in [-0.05, 0) is 5.56 Å². The minimum atomic E-state index is 0.749. The summed E-state index contributed by atoms with van der Waals surface area (Å²) in [7, 11) is 0. The van der Waals surface area contributed by atoms with Gasteiger partial charge in [-0.3, -0.25) is 9.80 Å². The number of hydrogen-bond donors (Lipinski definition) is 0. The summed E-state index contributed by atoms with van der Waals surface area (Å²) in [5, 5.41) is 0. The number of hydrogen-bond acceptors (Lipinski definition) is 2. The van der Waals surface area contributed by atoms with Crippen molar-refractivity contribution < 1.29 is 0 Å². The Kier molecular flexibility index (Phi) is 4.54. The first-order valence-corrected chi connectivity index (χ1v) is 6.24. The first kappa shape index (κ1) is 12.1. The second-order valence-electron chi connectivity index (χ2n) is 4.51. The van der Waals surface area contributed by atoms with E-state index in [9.17, 15) is 0 Å². The molecule has 0 amide bonds. The molecule has 0 N–H and O–H groups in total. The van der Waals surface area contributed by atoms with Gasteiger partial charge in [0.2, 0.25) is 0 Å². The number of nitrogens with zero attached hydrogens (tertiary/aromatic N) is 3. The molecule has 1 aliphatic rings. The Bertz CT molecular complexity index is 361. The molecule has 0 radical (unpaired) electrons. The van der Waals surface area contributed by atoms with E-state index >= 15 is 0 Å². The van der Waals surface area contributed by atoms with Crippen LogP contribution in [0.2, 0.25) is 0 Å². The molecule has 90 valence electrons. The summed E-state index contributed by atoms with van der Waals surface area (Å²) in [5.74, 6) is 0. The Hall–Kier alpha value is -1.37. The summed E-state index contributed by atoms with van der Waals surface area (Å²) in [5.41, 5.74) is 1.40. The molecule has 1 saturated heterocycles. The zero-order valence-corrected chi connectivity index (χ0v) is 10.3. The predicted octanol–water partition coefficient (Wildman–Crippen LogP) is 1.77. The predicted molar refractivity (Wildman–Crippen MR) is 71.3 cm³/mol. The van der Waals surface area contributed by atoms with Gasteiger partial charge in [0.25, 0.3) is 13.1 Å². The molecule has 0 bridgehead atoms. The van der Waals surface area contributed by atoms with Crippen LogP contribution >= 0.6 is 0 Å². The minimum Gasteiger partial charge on any atom is -0.297 e. The van der Waals surface area contributed by atoms with Gasteiger partial charge in [0, 0.05) is 32.7 Å². The molecule has 0 spiro atoms. The summed E-state index contributed by atoms with van der Waals surface area (Å²) < 4.78 is 0. The molecule has 1 aromatic carbocycles. The molecule has 0 aliphatic carbocycles. The van der Waals surface area contributed by atoms with E-state index in [1.807, 2.05) is 0 Å². The van der Waals surface area contributed by atoms with Gasteiger partial charge in [-0.2, -0.15) is 0 Å². The van der Waals surface area contributed by atoms with Crippen molar-refractivity contribution in [3.05, 3.63) is 40.7 Å². The Balaban J connectivity index is 1.74. The van der Waals surface area contributed by atoms with Crippen molar-refractivity contribution in [2.75, 3.05) is 39.3 Å². The highest BCUT2D eigenvalue weighted by molar-refractivity contribution is 5.14. The number of benzene rings is 1. The minimum absolute atomic E-state index is 0.749. The molecule has 3 nitrogen and oxygen atoms in total. The SMILES string of the molecule is C#[N+]CCN1CCN(Cc2ccccc2)CC1. The maximum Gasteiger partial charge on any atom is 0.275 e. The van der Waals surface area contributed by atoms with E-state index in [4.69, 9.17) is 6.57 Å². The molecule has 1 aliphatic heterocycles. The quantitative estimate of drug-likeness (QED) is 0.780. The third-order valence-corrected chi connectivity index (χ3v) is 3.26. The van der Waals surface area contributed by atoms with Gasteiger partial charge >= 0.3 is 0 Å². The normalized spacial score (nSPS) is 17.8. The highest BCUT2D eigenvalue weighted by atomic mass is 15.3. The van der Waals surface area contributed by atoms with Crippen LogP contribution in [0.3, 0.4) is 0 Å². The average Bonchev–Trinajstić information content (AvgIpc) is 2.39. The summed E-state index contributed by atoms with van der Waals surface area (Å²) >= 11 is 0. The standard InChI is InChI=1S/C14H20N3/c1-15-7-8-16-9-11-17(12-10-16)13-14-5-3-2-4-6-14/h1-6H,7-13H2/q+1. The lowest BCUT2D eigenvalue weighted by Gasteiger charge is -2.33. The highest BCUT2D eigenvalue weighted by Gasteiger charge is 2.17. The van der Waals surface area contributed by atoms with Crippen molar-refractivity contribution in [3.8, 4) is 6.57 Å². The van der Waals surface area contributed by atoms with Crippen LogP contribution in [0.1, 0.15) is 5.56 Å². The van der Waals surface area contributed by atoms with E-state index in [0.29, 0.717) is 0 Å². The Labute approximate surface area is 103 Å². The number of rotatable bonds is 4. The molecular formula is C14H20N3+. The van der Waals surface area contributed by atoms with Crippen molar-refractivity contribution in [2.45, 2.75) is 6.54 Å². The van der Waals surface area contributed by atoms with Crippen molar-refractivity contribution in [3.63, 3.8) is 0 Å². The summed E-state index contributed by atoms with van der Waals surface area (Å²) in [6.07, 6.45) is 0. The molecule has 1 fully saturated rings. The first-order chi connectivity index (χ1) is 8.38. The molecule has 17 heavy (non-hydrogen) atoms. The summed E-state index contributed by atoms with van der Waals surface area (Å²) in [4.78, 5) is 8.60. The van der Waals surface area contributed by atoms with Crippen LogP contribution in [-0.2, 0) is 6.54 Å². The molecule has 1 aromatic rings. The lowest BCUT2D eigenvalue weighted by Crippen LogP contribution is -2.46. The molecule has 0 aromatic heterocycles. The fourth-order valence-electron chi connectivity index (χ4n) is 2.21. The first-order valence-electron chi connectivity index (χ1n) is 6.24. The third-order valence-electron chi connectivity index (χ3n) is 3.26. The zero-order valence-electron chi connectivity index (χ0n) is 10.3. The Morgan fingerprint density at radius 1 is 1.00 bits per heavy atom. The van der Waals surface area contributed by atoms with E-state index in [-0.39, 0.29) is 0 Å². The molecule has 2 rings (SSSR count). The van der Waals surface area contributed by atoms with E-state index in [1.165, 1.54) is 5.56 Å². The van der Waals surface area contributed by atoms with Crippen LogP contribution in [0, 0.1) is 6.57 Å². The van der Waals surface area contributed by atoms with Crippen LogP contribution in [-0.4, -0.2) is 49.1 Å². The van der Waals surface area contributed by atoms with Crippen molar-refractivity contribution in [2.24, 2.45) is 0 Å². The van der Waals surface area contributed by atoms with Gasteiger partial charge < -0.3 is 0 Å². The van der Waals surface area contributed by atoms with Crippen LogP contribution in [0.4, 0.5) is 0 Å². The van der Waals surface area contributed by atoms with Crippen molar-refractivity contribution in [1.29, 1.82) is 0 Å². The van der Waals surface area contributed by atoms with Crippen LogP contribution < -0.4 is 0 Å².